The molecule has 0 spiro atoms. The molecule has 2 aromatic carbocycles. The number of hydrogen-bond acceptors (Lipinski definition) is 0. The molecule has 0 saturated carbocycles. The van der Waals surface area contributed by atoms with Gasteiger partial charge in [-0.05, 0) is 48.3 Å². The molecule has 1 heteroatoms. The summed E-state index contributed by atoms with van der Waals surface area (Å²) in [7, 11) is 0. The summed E-state index contributed by atoms with van der Waals surface area (Å²) < 4.78 is 2.56. The summed E-state index contributed by atoms with van der Waals surface area (Å²) in [5, 5.41) is 2.67. The number of benzene rings is 2. The predicted molar refractivity (Wildman–Crippen MR) is 101 cm³/mol. The Morgan fingerprint density at radius 1 is 0.652 bits per heavy atom. The average molecular weight is 305 g/mol. The number of aromatic nitrogens is 1. The van der Waals surface area contributed by atoms with Gasteiger partial charge in [-0.2, -0.15) is 0 Å². The molecule has 1 heterocycles. The monoisotopic (exact) mass is 305 g/mol. The molecule has 3 aromatic rings. The first kappa shape index (κ1) is 15.9. The highest BCUT2D eigenvalue weighted by Crippen LogP contribution is 2.32. The molecule has 23 heavy (non-hydrogen) atoms. The Bertz CT molecular complexity index is 789. The third-order valence-electron chi connectivity index (χ3n) is 4.99. The molecule has 1 nitrogen and oxygen atoms in total. The van der Waals surface area contributed by atoms with Gasteiger partial charge in [0, 0.05) is 16.8 Å². The molecule has 0 N–H and O–H groups in total. The van der Waals surface area contributed by atoms with Crippen LogP contribution in [-0.2, 0) is 25.7 Å². The van der Waals surface area contributed by atoms with Crippen LogP contribution in [0.4, 0.5) is 0 Å². The number of fused-ring (bicyclic) bond motifs is 1. The summed E-state index contributed by atoms with van der Waals surface area (Å²) in [6.45, 7) is 9.16. The van der Waals surface area contributed by atoms with Gasteiger partial charge < -0.3 is 4.57 Å². The van der Waals surface area contributed by atoms with Crippen molar-refractivity contribution in [2.75, 3.05) is 0 Å². The summed E-state index contributed by atoms with van der Waals surface area (Å²) in [6.07, 6.45) is 4.41. The molecule has 3 rings (SSSR count). The van der Waals surface area contributed by atoms with Gasteiger partial charge >= 0.3 is 0 Å². The van der Waals surface area contributed by atoms with Crippen LogP contribution in [0.25, 0.3) is 16.5 Å². The normalized spacial score (nSPS) is 11.3. The van der Waals surface area contributed by atoms with Crippen LogP contribution in [0.2, 0.25) is 0 Å². The largest absolute Gasteiger partial charge is 0.317 e. The minimum atomic E-state index is 1.08. The smallest absolute Gasteiger partial charge is 0.0533 e. The molecule has 0 fully saturated rings. The van der Waals surface area contributed by atoms with E-state index in [2.05, 4.69) is 74.7 Å². The SMILES string of the molecule is CCc1c(CC)c(CC)n(-c2cccc3ccccc23)c1CC. The zero-order valence-corrected chi connectivity index (χ0v) is 14.8. The zero-order valence-electron chi connectivity index (χ0n) is 14.8. The quantitative estimate of drug-likeness (QED) is 0.554. The van der Waals surface area contributed by atoms with E-state index in [0.717, 1.165) is 25.7 Å². The van der Waals surface area contributed by atoms with Crippen LogP contribution in [0.1, 0.15) is 50.2 Å². The molecule has 120 valence electrons. The topological polar surface area (TPSA) is 4.93 Å². The number of nitrogens with zero attached hydrogens (tertiary/aromatic N) is 1. The third kappa shape index (κ3) is 2.49. The van der Waals surface area contributed by atoms with Gasteiger partial charge in [0.05, 0.1) is 5.69 Å². The molecule has 0 amide bonds. The molecule has 0 bridgehead atoms. The van der Waals surface area contributed by atoms with Gasteiger partial charge in [-0.3, -0.25) is 0 Å². The second-order valence-corrected chi connectivity index (χ2v) is 6.10. The van der Waals surface area contributed by atoms with Crippen LogP contribution in [0.3, 0.4) is 0 Å². The maximum Gasteiger partial charge on any atom is 0.0533 e. The van der Waals surface area contributed by atoms with Crippen molar-refractivity contribution >= 4 is 10.8 Å². The van der Waals surface area contributed by atoms with Crippen LogP contribution in [0.5, 0.6) is 0 Å². The lowest BCUT2D eigenvalue weighted by atomic mass is 10.0. The summed E-state index contributed by atoms with van der Waals surface area (Å²) in [6, 6.07) is 15.4. The summed E-state index contributed by atoms with van der Waals surface area (Å²) >= 11 is 0. The second kappa shape index (κ2) is 6.62. The highest BCUT2D eigenvalue weighted by atomic mass is 15.0. The van der Waals surface area contributed by atoms with Crippen molar-refractivity contribution < 1.29 is 0 Å². The van der Waals surface area contributed by atoms with Crippen LogP contribution in [-0.4, -0.2) is 4.57 Å². The van der Waals surface area contributed by atoms with Gasteiger partial charge in [0.25, 0.3) is 0 Å². The summed E-state index contributed by atoms with van der Waals surface area (Å²) in [5.74, 6) is 0. The zero-order chi connectivity index (χ0) is 16.4. The van der Waals surface area contributed by atoms with Gasteiger partial charge in [-0.1, -0.05) is 64.1 Å². The van der Waals surface area contributed by atoms with E-state index in [0.29, 0.717) is 0 Å². The van der Waals surface area contributed by atoms with E-state index in [1.165, 1.54) is 27.8 Å². The number of hydrogen-bond donors (Lipinski definition) is 0. The first-order valence-corrected chi connectivity index (χ1v) is 8.98. The molecule has 0 aliphatic carbocycles. The van der Waals surface area contributed by atoms with Crippen LogP contribution >= 0.6 is 0 Å². The maximum atomic E-state index is 2.56. The fourth-order valence-electron chi connectivity index (χ4n) is 4.05. The van der Waals surface area contributed by atoms with Gasteiger partial charge in [0.15, 0.2) is 0 Å². The molecule has 0 aliphatic heterocycles. The minimum Gasteiger partial charge on any atom is -0.317 e. The predicted octanol–water partition coefficient (Wildman–Crippen LogP) is 5.88. The van der Waals surface area contributed by atoms with Crippen molar-refractivity contribution in [1.29, 1.82) is 0 Å². The first-order chi connectivity index (χ1) is 11.3. The third-order valence-corrected chi connectivity index (χ3v) is 4.99. The molecule has 0 saturated heterocycles. The van der Waals surface area contributed by atoms with E-state index >= 15 is 0 Å². The Labute approximate surface area is 140 Å². The lowest BCUT2D eigenvalue weighted by molar-refractivity contribution is 0.858. The molecule has 0 radical (unpaired) electrons. The fourth-order valence-corrected chi connectivity index (χ4v) is 4.05. The minimum absolute atomic E-state index is 1.08. The van der Waals surface area contributed by atoms with E-state index < -0.39 is 0 Å². The van der Waals surface area contributed by atoms with E-state index in [-0.39, 0.29) is 0 Å². The lowest BCUT2D eigenvalue weighted by Gasteiger charge is -2.15. The van der Waals surface area contributed by atoms with E-state index in [1.54, 1.807) is 11.1 Å². The first-order valence-electron chi connectivity index (χ1n) is 8.98. The van der Waals surface area contributed by atoms with Crippen molar-refractivity contribution in [1.82, 2.24) is 4.57 Å². The lowest BCUT2D eigenvalue weighted by Crippen LogP contribution is -2.05. The fraction of sp³-hybridized carbons (Fsp3) is 0.364. The Morgan fingerprint density at radius 3 is 1.78 bits per heavy atom. The standard InChI is InChI=1S/C22H27N/c1-5-17-18(6-2)21(8-4)23(20(17)7-3)22-15-11-13-16-12-9-10-14-19(16)22/h9-15H,5-8H2,1-4H3. The Balaban J connectivity index is 2.40. The van der Waals surface area contributed by atoms with Crippen molar-refractivity contribution in [2.45, 2.75) is 53.4 Å². The van der Waals surface area contributed by atoms with Crippen LogP contribution in [0.15, 0.2) is 42.5 Å². The molecule has 0 aliphatic rings. The maximum absolute atomic E-state index is 2.56. The van der Waals surface area contributed by atoms with Gasteiger partial charge in [0.2, 0.25) is 0 Å². The van der Waals surface area contributed by atoms with Crippen molar-refractivity contribution in [3.8, 4) is 5.69 Å². The van der Waals surface area contributed by atoms with E-state index in [4.69, 9.17) is 0 Å². The second-order valence-electron chi connectivity index (χ2n) is 6.10. The molecular weight excluding hydrogens is 278 g/mol. The summed E-state index contributed by atoms with van der Waals surface area (Å²) in [4.78, 5) is 0. The Hall–Kier alpha value is -2.02. The molecular formula is C22H27N. The van der Waals surface area contributed by atoms with Crippen molar-refractivity contribution in [3.05, 3.63) is 65.0 Å². The van der Waals surface area contributed by atoms with Crippen LogP contribution < -0.4 is 0 Å². The molecule has 0 unspecified atom stereocenters. The van der Waals surface area contributed by atoms with Crippen molar-refractivity contribution in [2.24, 2.45) is 0 Å². The van der Waals surface area contributed by atoms with Crippen molar-refractivity contribution in [3.63, 3.8) is 0 Å². The Morgan fingerprint density at radius 2 is 1.22 bits per heavy atom. The summed E-state index contributed by atoms with van der Waals surface area (Å²) in [5.41, 5.74) is 7.47. The highest BCUT2D eigenvalue weighted by Gasteiger charge is 2.20. The van der Waals surface area contributed by atoms with Gasteiger partial charge in [0.1, 0.15) is 0 Å². The average Bonchev–Trinajstić information content (AvgIpc) is 2.93. The highest BCUT2D eigenvalue weighted by molar-refractivity contribution is 5.90. The Kier molecular flexibility index (Phi) is 4.56. The van der Waals surface area contributed by atoms with E-state index in [9.17, 15) is 0 Å². The van der Waals surface area contributed by atoms with Gasteiger partial charge in [-0.25, -0.2) is 0 Å². The molecule has 1 aromatic heterocycles. The van der Waals surface area contributed by atoms with Crippen LogP contribution in [0, 0.1) is 0 Å². The van der Waals surface area contributed by atoms with Gasteiger partial charge in [-0.15, -0.1) is 0 Å². The molecule has 0 atom stereocenters. The van der Waals surface area contributed by atoms with E-state index in [1.807, 2.05) is 0 Å². The number of rotatable bonds is 5.